The highest BCUT2D eigenvalue weighted by atomic mass is 35.5. The average molecular weight is 485 g/mol. The number of nitrogens with zero attached hydrogens (tertiary/aromatic N) is 6. The second kappa shape index (κ2) is 8.94. The zero-order valence-electron chi connectivity index (χ0n) is 17.9. The fourth-order valence-electron chi connectivity index (χ4n) is 4.38. The minimum atomic E-state index is -0.734. The number of aromatic nitrogens is 4. The Morgan fingerprint density at radius 3 is 2.47 bits per heavy atom. The van der Waals surface area contributed by atoms with Gasteiger partial charge in [-0.3, -0.25) is 15.1 Å². The third-order valence-corrected chi connectivity index (χ3v) is 6.32. The molecule has 1 aliphatic rings. The first-order valence-corrected chi connectivity index (χ1v) is 11.1. The van der Waals surface area contributed by atoms with Crippen molar-refractivity contribution < 1.29 is 13.7 Å². The number of anilines is 1. The van der Waals surface area contributed by atoms with E-state index < -0.39 is 16.6 Å². The number of hydrogen-bond acceptors (Lipinski definition) is 6. The second-order valence-corrected chi connectivity index (χ2v) is 8.66. The molecule has 0 N–H and O–H groups in total. The quantitative estimate of drug-likeness (QED) is 0.289. The molecular weight excluding hydrogens is 466 g/mol. The first kappa shape index (κ1) is 22.1. The van der Waals surface area contributed by atoms with Gasteiger partial charge in [0.15, 0.2) is 5.82 Å². The van der Waals surface area contributed by atoms with E-state index in [1.807, 2.05) is 0 Å². The number of halogens is 3. The summed E-state index contributed by atoms with van der Waals surface area (Å²) >= 11 is 5.85. The van der Waals surface area contributed by atoms with Crippen molar-refractivity contribution in [2.75, 3.05) is 18.0 Å². The summed E-state index contributed by atoms with van der Waals surface area (Å²) in [5, 5.41) is 11.8. The molecule has 4 aromatic rings. The Balaban J connectivity index is 1.30. The number of nitro benzene ring substituents is 1. The van der Waals surface area contributed by atoms with Crippen LogP contribution in [0, 0.1) is 21.7 Å². The van der Waals surface area contributed by atoms with Crippen LogP contribution in [0.2, 0.25) is 5.02 Å². The minimum absolute atomic E-state index is 0.0106. The second-order valence-electron chi connectivity index (χ2n) is 8.23. The highest BCUT2D eigenvalue weighted by Crippen LogP contribution is 2.31. The minimum Gasteiger partial charge on any atom is -0.341 e. The standard InChI is InChI=1S/C23H19ClF2N6O2/c24-17-11-28-23(29-12-17)30-4-1-14(2-5-30)16-8-19(25)21(27-10-16)13-31-6-3-15-7-18(32(33)34)9-20(26)22(15)31/h3,6-12,14H,1-2,4-5,13H2. The summed E-state index contributed by atoms with van der Waals surface area (Å²) in [5.74, 6) is -0.420. The molecule has 1 saturated heterocycles. The molecule has 8 nitrogen and oxygen atoms in total. The SMILES string of the molecule is O=[N+]([O-])c1cc(F)c2c(ccn2Cc2ncc(C3CCN(c4ncc(Cl)cn4)CC3)cc2F)c1. The first-order valence-electron chi connectivity index (χ1n) is 10.7. The van der Waals surface area contributed by atoms with Crippen LogP contribution in [0.15, 0.2) is 49.1 Å². The lowest BCUT2D eigenvalue weighted by Crippen LogP contribution is -2.34. The van der Waals surface area contributed by atoms with Crippen molar-refractivity contribution in [3.05, 3.63) is 87.1 Å². The van der Waals surface area contributed by atoms with Crippen LogP contribution in [0.25, 0.3) is 10.9 Å². The van der Waals surface area contributed by atoms with Crippen LogP contribution < -0.4 is 4.90 Å². The zero-order valence-corrected chi connectivity index (χ0v) is 18.6. The summed E-state index contributed by atoms with van der Waals surface area (Å²) in [6.07, 6.45) is 7.98. The van der Waals surface area contributed by atoms with Gasteiger partial charge in [-0.15, -0.1) is 0 Å². The van der Waals surface area contributed by atoms with Crippen molar-refractivity contribution in [1.82, 2.24) is 19.5 Å². The Labute approximate surface area is 198 Å². The normalized spacial score (nSPS) is 14.6. The van der Waals surface area contributed by atoms with Gasteiger partial charge in [0.25, 0.3) is 5.69 Å². The van der Waals surface area contributed by atoms with Gasteiger partial charge in [-0.1, -0.05) is 11.6 Å². The molecular formula is C23H19ClF2N6O2. The van der Waals surface area contributed by atoms with Crippen LogP contribution in [-0.2, 0) is 6.54 Å². The highest BCUT2D eigenvalue weighted by Gasteiger charge is 2.24. The number of non-ortho nitro benzene ring substituents is 1. The first-order chi connectivity index (χ1) is 16.4. The van der Waals surface area contributed by atoms with Crippen LogP contribution in [0.4, 0.5) is 20.4 Å². The Bertz CT molecular complexity index is 1370. The lowest BCUT2D eigenvalue weighted by molar-refractivity contribution is -0.384. The van der Waals surface area contributed by atoms with E-state index in [0.29, 0.717) is 16.4 Å². The van der Waals surface area contributed by atoms with Crippen LogP contribution >= 0.6 is 11.6 Å². The molecule has 0 spiro atoms. The topological polar surface area (TPSA) is 90.0 Å². The monoisotopic (exact) mass is 484 g/mol. The number of nitro groups is 1. The molecule has 1 aliphatic heterocycles. The predicted molar refractivity (Wildman–Crippen MR) is 123 cm³/mol. The van der Waals surface area contributed by atoms with Gasteiger partial charge in [-0.2, -0.15) is 0 Å². The van der Waals surface area contributed by atoms with Gasteiger partial charge in [-0.05, 0) is 36.5 Å². The van der Waals surface area contributed by atoms with Crippen LogP contribution in [0.5, 0.6) is 0 Å². The van der Waals surface area contributed by atoms with Crippen molar-refractivity contribution in [3.63, 3.8) is 0 Å². The molecule has 174 valence electrons. The number of piperidine rings is 1. The molecule has 4 heterocycles. The lowest BCUT2D eigenvalue weighted by atomic mass is 9.90. The fourth-order valence-corrected chi connectivity index (χ4v) is 4.48. The smallest absolute Gasteiger partial charge is 0.273 e. The molecule has 0 bridgehead atoms. The number of benzene rings is 1. The Hall–Kier alpha value is -3.66. The molecule has 1 fully saturated rings. The maximum atomic E-state index is 14.9. The molecule has 11 heteroatoms. The van der Waals surface area contributed by atoms with E-state index >= 15 is 0 Å². The van der Waals surface area contributed by atoms with Gasteiger partial charge < -0.3 is 9.47 Å². The van der Waals surface area contributed by atoms with Crippen molar-refractivity contribution in [2.45, 2.75) is 25.3 Å². The van der Waals surface area contributed by atoms with E-state index in [1.165, 1.54) is 16.7 Å². The number of rotatable bonds is 5. The molecule has 0 saturated carbocycles. The Kier molecular flexibility index (Phi) is 5.82. The summed E-state index contributed by atoms with van der Waals surface area (Å²) < 4.78 is 31.0. The van der Waals surface area contributed by atoms with Gasteiger partial charge >= 0.3 is 0 Å². The zero-order chi connectivity index (χ0) is 23.8. The summed E-state index contributed by atoms with van der Waals surface area (Å²) in [4.78, 5) is 25.2. The molecule has 5 rings (SSSR count). The van der Waals surface area contributed by atoms with Crippen molar-refractivity contribution in [3.8, 4) is 0 Å². The van der Waals surface area contributed by atoms with Gasteiger partial charge in [0.05, 0.1) is 46.2 Å². The number of fused-ring (bicyclic) bond motifs is 1. The predicted octanol–water partition coefficient (Wildman–Crippen LogP) is 5.10. The molecule has 0 radical (unpaired) electrons. The molecule has 34 heavy (non-hydrogen) atoms. The van der Waals surface area contributed by atoms with Crippen molar-refractivity contribution in [1.29, 1.82) is 0 Å². The molecule has 3 aromatic heterocycles. The molecule has 0 amide bonds. The highest BCUT2D eigenvalue weighted by molar-refractivity contribution is 6.30. The van der Waals surface area contributed by atoms with Gasteiger partial charge in [0.1, 0.15) is 5.82 Å². The lowest BCUT2D eigenvalue weighted by Gasteiger charge is -2.32. The summed E-state index contributed by atoms with van der Waals surface area (Å²) in [5.41, 5.74) is 0.834. The van der Waals surface area contributed by atoms with E-state index in [-0.39, 0.29) is 29.4 Å². The summed E-state index contributed by atoms with van der Waals surface area (Å²) in [6, 6.07) is 5.22. The van der Waals surface area contributed by atoms with Gasteiger partial charge in [0, 0.05) is 36.9 Å². The van der Waals surface area contributed by atoms with E-state index in [0.717, 1.165) is 37.6 Å². The fraction of sp³-hybridized carbons (Fsp3) is 0.261. The Morgan fingerprint density at radius 2 is 1.79 bits per heavy atom. The maximum Gasteiger partial charge on any atom is 0.273 e. The maximum absolute atomic E-state index is 14.9. The molecule has 0 atom stereocenters. The van der Waals surface area contributed by atoms with Crippen molar-refractivity contribution >= 4 is 34.1 Å². The average Bonchev–Trinajstić information content (AvgIpc) is 3.24. The molecule has 1 aromatic carbocycles. The molecule has 0 aliphatic carbocycles. The van der Waals surface area contributed by atoms with E-state index in [9.17, 15) is 18.9 Å². The van der Waals surface area contributed by atoms with E-state index in [4.69, 9.17) is 11.6 Å². The summed E-state index contributed by atoms with van der Waals surface area (Å²) in [7, 11) is 0. The molecule has 0 unspecified atom stereocenters. The third-order valence-electron chi connectivity index (χ3n) is 6.12. The van der Waals surface area contributed by atoms with Crippen LogP contribution in [0.1, 0.15) is 30.0 Å². The number of pyridine rings is 1. The van der Waals surface area contributed by atoms with Crippen molar-refractivity contribution in [2.24, 2.45) is 0 Å². The summed E-state index contributed by atoms with van der Waals surface area (Å²) in [6.45, 7) is 1.48. The van der Waals surface area contributed by atoms with Crippen LogP contribution in [-0.4, -0.2) is 37.5 Å². The van der Waals surface area contributed by atoms with Crippen LogP contribution in [0.3, 0.4) is 0 Å². The Morgan fingerprint density at radius 1 is 1.06 bits per heavy atom. The third kappa shape index (κ3) is 4.28. The van der Waals surface area contributed by atoms with Gasteiger partial charge in [-0.25, -0.2) is 18.7 Å². The number of hydrogen-bond donors (Lipinski definition) is 0. The van der Waals surface area contributed by atoms with Gasteiger partial charge in [0.2, 0.25) is 5.95 Å². The largest absolute Gasteiger partial charge is 0.341 e. The van der Waals surface area contributed by atoms with E-state index in [2.05, 4.69) is 19.9 Å². The van der Waals surface area contributed by atoms with E-state index in [1.54, 1.807) is 30.9 Å².